The maximum Gasteiger partial charge on any atom is 0.261 e. The number of guanidine groups is 1. The topological polar surface area (TPSA) is 88.2 Å². The van der Waals surface area contributed by atoms with E-state index in [-0.39, 0.29) is 23.9 Å². The maximum atomic E-state index is 13.5. The van der Waals surface area contributed by atoms with Gasteiger partial charge in [-0.05, 0) is 41.0 Å². The Morgan fingerprint density at radius 2 is 1.79 bits per heavy atom. The van der Waals surface area contributed by atoms with Gasteiger partial charge in [0.05, 0.1) is 0 Å². The molecule has 0 saturated carbocycles. The molecule has 2 atom stereocenters. The molecule has 3 aromatic rings. The number of hydrogen-bond donors (Lipinski definition) is 1. The fourth-order valence-corrected chi connectivity index (χ4v) is 4.66. The number of benzene rings is 3. The largest absolute Gasteiger partial charge is 0.485 e. The molecule has 7 heteroatoms. The maximum absolute atomic E-state index is 13.5. The van der Waals surface area contributed by atoms with Gasteiger partial charge in [0.2, 0.25) is 0 Å². The monoisotopic (exact) mass is 454 g/mol. The van der Waals surface area contributed by atoms with Gasteiger partial charge >= 0.3 is 0 Å². The second-order valence-electron chi connectivity index (χ2n) is 8.91. The molecule has 0 aliphatic carbocycles. The van der Waals surface area contributed by atoms with Crippen LogP contribution in [0.15, 0.2) is 77.8 Å². The number of nitrogens with zero attached hydrogens (tertiary/aromatic N) is 3. The number of amides is 2. The van der Waals surface area contributed by atoms with E-state index in [1.807, 2.05) is 66.7 Å². The normalized spacial score (nSPS) is 21.1. The van der Waals surface area contributed by atoms with Gasteiger partial charge < -0.3 is 15.4 Å². The Bertz CT molecular complexity index is 1320. The van der Waals surface area contributed by atoms with E-state index in [0.29, 0.717) is 23.3 Å². The molecule has 2 aliphatic heterocycles. The van der Waals surface area contributed by atoms with Gasteiger partial charge in [-0.2, -0.15) is 0 Å². The minimum absolute atomic E-state index is 0.0738. The van der Waals surface area contributed by atoms with Crippen LogP contribution < -0.4 is 10.5 Å². The summed E-state index contributed by atoms with van der Waals surface area (Å²) >= 11 is 0. The van der Waals surface area contributed by atoms with E-state index in [2.05, 4.69) is 0 Å². The Labute approximate surface area is 198 Å². The number of hydrogen-bond acceptors (Lipinski definition) is 5. The third-order valence-corrected chi connectivity index (χ3v) is 6.50. The Balaban J connectivity index is 1.63. The molecule has 0 aromatic heterocycles. The van der Waals surface area contributed by atoms with Crippen LogP contribution >= 0.6 is 0 Å². The second kappa shape index (κ2) is 8.02. The highest BCUT2D eigenvalue weighted by molar-refractivity contribution is 6.07. The second-order valence-corrected chi connectivity index (χ2v) is 8.91. The van der Waals surface area contributed by atoms with Gasteiger partial charge in [-0.1, -0.05) is 48.5 Å². The lowest BCUT2D eigenvalue weighted by Gasteiger charge is -2.37. The van der Waals surface area contributed by atoms with Gasteiger partial charge in [-0.25, -0.2) is 4.99 Å². The van der Waals surface area contributed by atoms with Gasteiger partial charge in [-0.3, -0.25) is 14.5 Å². The van der Waals surface area contributed by atoms with Crippen LogP contribution in [-0.2, 0) is 10.3 Å². The summed E-state index contributed by atoms with van der Waals surface area (Å²) in [5.74, 6) is 0.540. The van der Waals surface area contributed by atoms with Gasteiger partial charge in [0.25, 0.3) is 11.8 Å². The quantitative estimate of drug-likeness (QED) is 0.656. The highest BCUT2D eigenvalue weighted by atomic mass is 16.5. The van der Waals surface area contributed by atoms with Crippen LogP contribution in [0.4, 0.5) is 0 Å². The van der Waals surface area contributed by atoms with Crippen LogP contribution in [0.1, 0.15) is 34.0 Å². The summed E-state index contributed by atoms with van der Waals surface area (Å²) < 4.78 is 6.37. The summed E-state index contributed by atoms with van der Waals surface area (Å²) in [4.78, 5) is 33.6. The molecule has 7 nitrogen and oxygen atoms in total. The van der Waals surface area contributed by atoms with Crippen molar-refractivity contribution in [3.8, 4) is 16.9 Å². The van der Waals surface area contributed by atoms with Crippen LogP contribution in [0.2, 0.25) is 0 Å². The van der Waals surface area contributed by atoms with Crippen molar-refractivity contribution < 1.29 is 14.3 Å². The van der Waals surface area contributed by atoms with Crippen molar-refractivity contribution in [2.75, 3.05) is 21.1 Å². The van der Waals surface area contributed by atoms with Gasteiger partial charge in [0.15, 0.2) is 11.5 Å². The predicted octanol–water partition coefficient (Wildman–Crippen LogP) is 3.56. The van der Waals surface area contributed by atoms with Crippen LogP contribution in [-0.4, -0.2) is 48.7 Å². The number of fused-ring (bicyclic) bond motifs is 2. The average molecular weight is 455 g/mol. The number of rotatable bonds is 3. The Morgan fingerprint density at radius 3 is 2.47 bits per heavy atom. The molecule has 34 heavy (non-hydrogen) atoms. The summed E-state index contributed by atoms with van der Waals surface area (Å²) in [5.41, 5.74) is 8.93. The molecule has 2 heterocycles. The van der Waals surface area contributed by atoms with E-state index in [1.165, 1.54) is 4.90 Å². The third-order valence-electron chi connectivity index (χ3n) is 6.50. The first kappa shape index (κ1) is 21.7. The van der Waals surface area contributed by atoms with Crippen molar-refractivity contribution in [3.05, 3.63) is 89.5 Å². The minimum Gasteiger partial charge on any atom is -0.485 e. The van der Waals surface area contributed by atoms with Crippen LogP contribution in [0.5, 0.6) is 5.75 Å². The predicted molar refractivity (Wildman–Crippen MR) is 130 cm³/mol. The molecule has 2 N–H and O–H groups in total. The molecule has 2 unspecified atom stereocenters. The SMILES string of the molecule is CN(C)C(=O)c1cccc(-c2ccc3c(c2)C2(CC(c4ccccc4)O3)N=C(N)N(C)C2=O)c1. The number of carbonyl (C=O) groups is 2. The summed E-state index contributed by atoms with van der Waals surface area (Å²) in [6.45, 7) is 0. The van der Waals surface area contributed by atoms with Crippen LogP contribution in [0.25, 0.3) is 11.1 Å². The summed E-state index contributed by atoms with van der Waals surface area (Å²) in [5, 5.41) is 0. The Hall–Kier alpha value is -4.13. The highest BCUT2D eigenvalue weighted by Gasteiger charge is 2.53. The molecule has 2 aliphatic rings. The highest BCUT2D eigenvalue weighted by Crippen LogP contribution is 2.50. The zero-order chi connectivity index (χ0) is 24.0. The van der Waals surface area contributed by atoms with E-state index in [9.17, 15) is 9.59 Å². The fourth-order valence-electron chi connectivity index (χ4n) is 4.66. The first-order valence-corrected chi connectivity index (χ1v) is 11.1. The first-order chi connectivity index (χ1) is 16.3. The number of likely N-dealkylation sites (N-methyl/N-ethyl adjacent to an activating group) is 1. The van der Waals surface area contributed by atoms with E-state index < -0.39 is 5.54 Å². The smallest absolute Gasteiger partial charge is 0.261 e. The molecule has 3 aromatic carbocycles. The average Bonchev–Trinajstić information content (AvgIpc) is 3.07. The summed E-state index contributed by atoms with van der Waals surface area (Å²) in [6.07, 6.45) is 0.00355. The molecule has 2 amide bonds. The number of aliphatic imine (C=N–C) groups is 1. The van der Waals surface area contributed by atoms with Crippen molar-refractivity contribution in [1.29, 1.82) is 0 Å². The summed E-state index contributed by atoms with van der Waals surface area (Å²) in [7, 11) is 5.09. The Morgan fingerprint density at radius 1 is 1.06 bits per heavy atom. The lowest BCUT2D eigenvalue weighted by Crippen LogP contribution is -2.43. The van der Waals surface area contributed by atoms with Crippen molar-refractivity contribution in [2.24, 2.45) is 10.7 Å². The minimum atomic E-state index is -1.17. The number of nitrogens with two attached hydrogens (primary N) is 1. The molecule has 5 rings (SSSR count). The molecular formula is C27H26N4O3. The van der Waals surface area contributed by atoms with Crippen LogP contribution in [0.3, 0.4) is 0 Å². The van der Waals surface area contributed by atoms with Gasteiger partial charge in [0.1, 0.15) is 11.9 Å². The van der Waals surface area contributed by atoms with Crippen molar-refractivity contribution in [3.63, 3.8) is 0 Å². The lowest BCUT2D eigenvalue weighted by molar-refractivity contribution is -0.132. The molecule has 0 bridgehead atoms. The number of carbonyl (C=O) groups excluding carboxylic acids is 2. The molecule has 0 radical (unpaired) electrons. The number of ether oxygens (including phenoxy) is 1. The molecular weight excluding hydrogens is 428 g/mol. The van der Waals surface area contributed by atoms with Gasteiger partial charge in [-0.15, -0.1) is 0 Å². The zero-order valence-corrected chi connectivity index (χ0v) is 19.4. The molecule has 1 spiro atoms. The van der Waals surface area contributed by atoms with Gasteiger partial charge in [0, 0.05) is 38.7 Å². The molecule has 172 valence electrons. The van der Waals surface area contributed by atoms with Crippen molar-refractivity contribution >= 4 is 17.8 Å². The Kier molecular flexibility index (Phi) is 5.12. The van der Waals surface area contributed by atoms with Crippen molar-refractivity contribution in [1.82, 2.24) is 9.80 Å². The standard InChI is InChI=1S/C27H26N4O3/c1-30(2)24(32)20-11-7-10-18(14-20)19-12-13-22-21(15-19)27(25(33)31(3)26(28)29-27)16-23(34-22)17-8-5-4-6-9-17/h4-15,23H,16H2,1-3H3,(H2,28,29). The van der Waals surface area contributed by atoms with E-state index in [1.54, 1.807) is 32.1 Å². The van der Waals surface area contributed by atoms with E-state index >= 15 is 0 Å². The first-order valence-electron chi connectivity index (χ1n) is 11.1. The zero-order valence-electron chi connectivity index (χ0n) is 19.4. The van der Waals surface area contributed by atoms with Crippen LogP contribution in [0, 0.1) is 0 Å². The third kappa shape index (κ3) is 3.41. The van der Waals surface area contributed by atoms with E-state index in [0.717, 1.165) is 16.7 Å². The van der Waals surface area contributed by atoms with E-state index in [4.69, 9.17) is 15.5 Å². The fraction of sp³-hybridized carbons (Fsp3) is 0.222. The van der Waals surface area contributed by atoms with Crippen molar-refractivity contribution in [2.45, 2.75) is 18.1 Å². The molecule has 0 fully saturated rings. The molecule has 0 saturated heterocycles. The summed E-state index contributed by atoms with van der Waals surface area (Å²) in [6, 6.07) is 23.0. The lowest BCUT2D eigenvalue weighted by atomic mass is 9.79.